The second-order valence-corrected chi connectivity index (χ2v) is 2.48. The quantitative estimate of drug-likeness (QED) is 0.419. The molecule has 0 spiro atoms. The molecule has 0 rings (SSSR count). The molecule has 0 aliphatic heterocycles. The van der Waals surface area contributed by atoms with E-state index in [4.69, 9.17) is 15.3 Å². The zero-order valence-corrected chi connectivity index (χ0v) is 7.10. The first-order chi connectivity index (χ1) is 5.80. The van der Waals surface area contributed by atoms with E-state index < -0.39 is 17.9 Å². The minimum atomic E-state index is -2.70. The maximum Gasteiger partial charge on any atom is 0.418 e. The lowest BCUT2D eigenvalue weighted by atomic mass is 10.3. The van der Waals surface area contributed by atoms with Crippen molar-refractivity contribution < 1.29 is 24.9 Å². The third-order valence-electron chi connectivity index (χ3n) is 1.18. The van der Waals surface area contributed by atoms with Crippen LogP contribution in [0.4, 0.5) is 4.79 Å². The highest BCUT2D eigenvalue weighted by Crippen LogP contribution is 2.09. The lowest BCUT2D eigenvalue weighted by molar-refractivity contribution is -0.231. The van der Waals surface area contributed by atoms with Crippen molar-refractivity contribution in [1.29, 1.82) is 0 Å². The molecular formula is C7H11NO5. The van der Waals surface area contributed by atoms with Gasteiger partial charge in [-0.2, -0.15) is 4.90 Å². The molecule has 3 N–H and O–H groups in total. The standard InChI is InChI=1S/C7H11NO5/c1-3-4-5(9)8(6(10)11)7(2,12)13/h3,12-13H,1,4H2,2H3,(H,10,11). The molecule has 0 saturated carbocycles. The third-order valence-corrected chi connectivity index (χ3v) is 1.18. The van der Waals surface area contributed by atoms with E-state index in [9.17, 15) is 9.59 Å². The molecule has 0 aromatic heterocycles. The molecule has 0 aromatic rings. The van der Waals surface area contributed by atoms with Gasteiger partial charge in [-0.05, 0) is 0 Å². The van der Waals surface area contributed by atoms with E-state index in [0.29, 0.717) is 0 Å². The fourth-order valence-corrected chi connectivity index (χ4v) is 0.739. The van der Waals surface area contributed by atoms with Gasteiger partial charge in [0.15, 0.2) is 0 Å². The summed E-state index contributed by atoms with van der Waals surface area (Å²) in [6, 6.07) is 0. The number of imide groups is 1. The lowest BCUT2D eigenvalue weighted by Crippen LogP contribution is -2.52. The van der Waals surface area contributed by atoms with Crippen LogP contribution in [0.1, 0.15) is 13.3 Å². The summed E-state index contributed by atoms with van der Waals surface area (Å²) in [5.41, 5.74) is 0. The van der Waals surface area contributed by atoms with Gasteiger partial charge >= 0.3 is 6.09 Å². The van der Waals surface area contributed by atoms with Crippen molar-refractivity contribution in [3.63, 3.8) is 0 Å². The Morgan fingerprint density at radius 1 is 1.54 bits per heavy atom. The number of carbonyl (C=O) groups excluding carboxylic acids is 1. The van der Waals surface area contributed by atoms with Crippen LogP contribution in [-0.2, 0) is 4.79 Å². The van der Waals surface area contributed by atoms with Crippen molar-refractivity contribution in [2.75, 3.05) is 0 Å². The first-order valence-corrected chi connectivity index (χ1v) is 3.42. The highest BCUT2D eigenvalue weighted by molar-refractivity contribution is 5.92. The molecule has 6 nitrogen and oxygen atoms in total. The number of nitrogens with zero attached hydrogens (tertiary/aromatic N) is 1. The van der Waals surface area contributed by atoms with E-state index in [-0.39, 0.29) is 11.3 Å². The summed E-state index contributed by atoms with van der Waals surface area (Å²) in [6.07, 6.45) is -0.827. The van der Waals surface area contributed by atoms with Gasteiger partial charge in [0.05, 0.1) is 0 Å². The Labute approximate surface area is 74.7 Å². The van der Waals surface area contributed by atoms with Gasteiger partial charge in [-0.3, -0.25) is 4.79 Å². The second kappa shape index (κ2) is 4.01. The molecule has 0 radical (unpaired) electrons. The van der Waals surface area contributed by atoms with Crippen LogP contribution >= 0.6 is 0 Å². The fraction of sp³-hybridized carbons (Fsp3) is 0.429. The molecule has 0 fully saturated rings. The van der Waals surface area contributed by atoms with Crippen molar-refractivity contribution >= 4 is 12.0 Å². The van der Waals surface area contributed by atoms with Crippen LogP contribution in [0.5, 0.6) is 0 Å². The normalized spacial score (nSPS) is 10.7. The van der Waals surface area contributed by atoms with Crippen molar-refractivity contribution in [3.8, 4) is 0 Å². The van der Waals surface area contributed by atoms with Gasteiger partial charge in [0.2, 0.25) is 5.91 Å². The Balaban J connectivity index is 4.72. The first kappa shape index (κ1) is 11.6. The Kier molecular flexibility index (Phi) is 3.58. The molecular weight excluding hydrogens is 178 g/mol. The molecule has 6 heteroatoms. The van der Waals surface area contributed by atoms with Crippen molar-refractivity contribution in [2.24, 2.45) is 0 Å². The first-order valence-electron chi connectivity index (χ1n) is 3.42. The van der Waals surface area contributed by atoms with Crippen molar-refractivity contribution in [1.82, 2.24) is 4.90 Å². The van der Waals surface area contributed by atoms with Gasteiger partial charge < -0.3 is 15.3 Å². The van der Waals surface area contributed by atoms with Crippen LogP contribution in [0, 0.1) is 0 Å². The molecule has 0 atom stereocenters. The van der Waals surface area contributed by atoms with Crippen LogP contribution in [0.15, 0.2) is 12.7 Å². The van der Waals surface area contributed by atoms with Gasteiger partial charge in [-0.1, -0.05) is 6.08 Å². The minimum Gasteiger partial charge on any atom is -0.464 e. The van der Waals surface area contributed by atoms with E-state index >= 15 is 0 Å². The SMILES string of the molecule is C=CCC(=O)N(C(=O)O)C(C)(O)O. The molecule has 0 unspecified atom stereocenters. The third kappa shape index (κ3) is 3.22. The van der Waals surface area contributed by atoms with Crippen LogP contribution in [-0.4, -0.2) is 38.1 Å². The molecule has 0 heterocycles. The zero-order valence-electron chi connectivity index (χ0n) is 7.10. The number of carbonyl (C=O) groups is 2. The molecule has 0 aliphatic carbocycles. The zero-order chi connectivity index (χ0) is 10.6. The summed E-state index contributed by atoms with van der Waals surface area (Å²) in [6.45, 7) is 4.00. The van der Waals surface area contributed by atoms with Gasteiger partial charge in [0.25, 0.3) is 5.91 Å². The number of aliphatic hydroxyl groups is 2. The van der Waals surface area contributed by atoms with Crippen molar-refractivity contribution in [2.45, 2.75) is 19.3 Å². The Bertz CT molecular complexity index is 230. The highest BCUT2D eigenvalue weighted by atomic mass is 16.5. The molecule has 0 aliphatic rings. The fourth-order valence-electron chi connectivity index (χ4n) is 0.739. The molecule has 2 amide bonds. The van der Waals surface area contributed by atoms with Gasteiger partial charge in [-0.25, -0.2) is 4.79 Å². The molecule has 0 saturated heterocycles. The van der Waals surface area contributed by atoms with Gasteiger partial charge in [-0.15, -0.1) is 6.58 Å². The maximum atomic E-state index is 11.0. The predicted molar refractivity (Wildman–Crippen MR) is 42.5 cm³/mol. The predicted octanol–water partition coefficient (Wildman–Crippen LogP) is -0.273. The monoisotopic (exact) mass is 189 g/mol. The summed E-state index contributed by atoms with van der Waals surface area (Å²) in [5, 5.41) is 26.2. The van der Waals surface area contributed by atoms with Crippen LogP contribution in [0.2, 0.25) is 0 Å². The van der Waals surface area contributed by atoms with E-state index in [0.717, 1.165) is 6.92 Å². The summed E-state index contributed by atoms with van der Waals surface area (Å²) in [7, 11) is 0. The number of amides is 2. The molecule has 0 aromatic carbocycles. The number of rotatable bonds is 3. The molecule has 0 bridgehead atoms. The lowest BCUT2D eigenvalue weighted by Gasteiger charge is -2.27. The highest BCUT2D eigenvalue weighted by Gasteiger charge is 2.35. The average Bonchev–Trinajstić information content (AvgIpc) is 1.82. The Hall–Kier alpha value is -1.40. The summed E-state index contributed by atoms with van der Waals surface area (Å²) < 4.78 is 0. The van der Waals surface area contributed by atoms with Crippen molar-refractivity contribution in [3.05, 3.63) is 12.7 Å². The number of carboxylic acid groups (broad SMARTS) is 1. The smallest absolute Gasteiger partial charge is 0.418 e. The number of hydrogen-bond donors (Lipinski definition) is 3. The van der Waals surface area contributed by atoms with E-state index in [1.807, 2.05) is 0 Å². The topological polar surface area (TPSA) is 98.1 Å². The second-order valence-electron chi connectivity index (χ2n) is 2.48. The maximum absolute atomic E-state index is 11.0. The molecule has 74 valence electrons. The van der Waals surface area contributed by atoms with Crippen LogP contribution < -0.4 is 0 Å². The average molecular weight is 189 g/mol. The van der Waals surface area contributed by atoms with Gasteiger partial charge in [0, 0.05) is 13.3 Å². The molecule has 13 heavy (non-hydrogen) atoms. The minimum absolute atomic E-state index is 0.0747. The van der Waals surface area contributed by atoms with E-state index in [2.05, 4.69) is 6.58 Å². The van der Waals surface area contributed by atoms with E-state index in [1.165, 1.54) is 6.08 Å². The van der Waals surface area contributed by atoms with Crippen LogP contribution in [0.3, 0.4) is 0 Å². The van der Waals surface area contributed by atoms with Crippen LogP contribution in [0.25, 0.3) is 0 Å². The summed E-state index contributed by atoms with van der Waals surface area (Å²) in [5.74, 6) is -3.65. The Morgan fingerprint density at radius 2 is 2.00 bits per heavy atom. The summed E-state index contributed by atoms with van der Waals surface area (Å²) >= 11 is 0. The van der Waals surface area contributed by atoms with E-state index in [1.54, 1.807) is 0 Å². The Morgan fingerprint density at radius 3 is 2.23 bits per heavy atom. The largest absolute Gasteiger partial charge is 0.464 e. The number of hydrogen-bond acceptors (Lipinski definition) is 4. The summed E-state index contributed by atoms with van der Waals surface area (Å²) in [4.78, 5) is 21.3. The van der Waals surface area contributed by atoms with Gasteiger partial charge in [0.1, 0.15) is 0 Å².